The van der Waals surface area contributed by atoms with Gasteiger partial charge in [-0.1, -0.05) is 25.5 Å². The summed E-state index contributed by atoms with van der Waals surface area (Å²) in [4.78, 5) is 47.7. The molecule has 1 aliphatic heterocycles. The fourth-order valence-corrected chi connectivity index (χ4v) is 3.52. The van der Waals surface area contributed by atoms with Gasteiger partial charge in [0.25, 0.3) is 5.69 Å². The van der Waals surface area contributed by atoms with Crippen LogP contribution >= 0.6 is 0 Å². The van der Waals surface area contributed by atoms with Gasteiger partial charge in [-0.2, -0.15) is 0 Å². The van der Waals surface area contributed by atoms with Crippen molar-refractivity contribution in [1.29, 1.82) is 0 Å². The number of carbonyl (C=O) groups excluding carboxylic acids is 3. The van der Waals surface area contributed by atoms with Gasteiger partial charge in [0, 0.05) is 17.8 Å². The molecule has 11 nitrogen and oxygen atoms in total. The third kappa shape index (κ3) is 5.14. The predicted octanol–water partition coefficient (Wildman–Crippen LogP) is 3.40. The zero-order chi connectivity index (χ0) is 24.8. The minimum absolute atomic E-state index is 0.00827. The lowest BCUT2D eigenvalue weighted by molar-refractivity contribution is -0.384. The van der Waals surface area contributed by atoms with E-state index >= 15 is 0 Å². The van der Waals surface area contributed by atoms with Crippen LogP contribution in [0.15, 0.2) is 53.7 Å². The number of hydrogen-bond donors (Lipinski definition) is 2. The van der Waals surface area contributed by atoms with Gasteiger partial charge in [-0.25, -0.2) is 14.4 Å². The molecule has 0 saturated carbocycles. The van der Waals surface area contributed by atoms with Gasteiger partial charge >= 0.3 is 18.0 Å². The normalized spacial score (nSPS) is 15.1. The number of nitro groups is 1. The number of esters is 2. The number of amides is 2. The van der Waals surface area contributed by atoms with E-state index in [2.05, 4.69) is 10.6 Å². The highest BCUT2D eigenvalue weighted by molar-refractivity contribution is 5.95. The van der Waals surface area contributed by atoms with Crippen LogP contribution in [0.2, 0.25) is 0 Å². The molecule has 2 amide bonds. The maximum Gasteiger partial charge on any atom is 0.343 e. The number of allylic oxidation sites excluding steroid dienone is 1. The minimum atomic E-state index is -0.821. The van der Waals surface area contributed by atoms with Crippen LogP contribution in [0, 0.1) is 10.1 Å². The summed E-state index contributed by atoms with van der Waals surface area (Å²) < 4.78 is 15.7. The van der Waals surface area contributed by atoms with Gasteiger partial charge in [0.1, 0.15) is 0 Å². The van der Waals surface area contributed by atoms with Gasteiger partial charge in [0.05, 0.1) is 36.3 Å². The standard InChI is InChI=1S/C23H23N3O8/c1-4-6-16-19(22(28)33-3)20(25-23(29)24-16)13-9-10-17(18(12-13)32-2)34-21(27)14-7-5-8-15(11-14)26(30)31/h5,7-12,20H,4,6H2,1-3H3,(H2,24,25,29). The number of carbonyl (C=O) groups is 3. The molecule has 1 heterocycles. The van der Waals surface area contributed by atoms with Crippen LogP contribution in [-0.2, 0) is 9.53 Å². The Labute approximate surface area is 194 Å². The zero-order valence-electron chi connectivity index (χ0n) is 18.7. The Hall–Kier alpha value is -4.41. The Morgan fingerprint density at radius 2 is 1.85 bits per heavy atom. The Bertz CT molecular complexity index is 1170. The highest BCUT2D eigenvalue weighted by Crippen LogP contribution is 2.35. The molecule has 1 unspecified atom stereocenters. The molecular formula is C23H23N3O8. The predicted molar refractivity (Wildman–Crippen MR) is 119 cm³/mol. The van der Waals surface area contributed by atoms with Crippen LogP contribution in [-0.4, -0.2) is 37.1 Å². The van der Waals surface area contributed by atoms with Crippen molar-refractivity contribution < 1.29 is 33.5 Å². The highest BCUT2D eigenvalue weighted by atomic mass is 16.6. The molecule has 34 heavy (non-hydrogen) atoms. The molecule has 0 aromatic heterocycles. The summed E-state index contributed by atoms with van der Waals surface area (Å²) >= 11 is 0. The third-order valence-corrected chi connectivity index (χ3v) is 5.08. The van der Waals surface area contributed by atoms with E-state index in [0.29, 0.717) is 24.1 Å². The van der Waals surface area contributed by atoms with E-state index in [4.69, 9.17) is 14.2 Å². The largest absolute Gasteiger partial charge is 0.493 e. The van der Waals surface area contributed by atoms with E-state index < -0.39 is 28.9 Å². The molecule has 0 aliphatic carbocycles. The lowest BCUT2D eigenvalue weighted by Crippen LogP contribution is -2.45. The number of rotatable bonds is 8. The van der Waals surface area contributed by atoms with Crippen molar-refractivity contribution >= 4 is 23.7 Å². The summed E-state index contributed by atoms with van der Waals surface area (Å²) in [7, 11) is 2.62. The lowest BCUT2D eigenvalue weighted by atomic mass is 9.93. The minimum Gasteiger partial charge on any atom is -0.493 e. The molecule has 2 aromatic carbocycles. The van der Waals surface area contributed by atoms with E-state index in [0.717, 1.165) is 6.07 Å². The molecule has 0 spiro atoms. The van der Waals surface area contributed by atoms with Crippen molar-refractivity contribution in [1.82, 2.24) is 10.6 Å². The fraction of sp³-hybridized carbons (Fsp3) is 0.261. The summed E-state index contributed by atoms with van der Waals surface area (Å²) in [5.74, 6) is -1.20. The Morgan fingerprint density at radius 1 is 1.09 bits per heavy atom. The van der Waals surface area contributed by atoms with Gasteiger partial charge < -0.3 is 24.8 Å². The molecule has 0 saturated heterocycles. The number of nitro benzene ring substituents is 1. The lowest BCUT2D eigenvalue weighted by Gasteiger charge is -2.29. The highest BCUT2D eigenvalue weighted by Gasteiger charge is 2.33. The van der Waals surface area contributed by atoms with Crippen LogP contribution in [0.5, 0.6) is 11.5 Å². The number of nitrogens with zero attached hydrogens (tertiary/aromatic N) is 1. The van der Waals surface area contributed by atoms with Crippen molar-refractivity contribution in [2.75, 3.05) is 14.2 Å². The first-order valence-corrected chi connectivity index (χ1v) is 10.3. The van der Waals surface area contributed by atoms with Crippen molar-refractivity contribution in [3.05, 3.63) is 75.0 Å². The average Bonchev–Trinajstić information content (AvgIpc) is 2.83. The first-order chi connectivity index (χ1) is 16.3. The maximum absolute atomic E-state index is 12.5. The van der Waals surface area contributed by atoms with Crippen LogP contribution in [0.25, 0.3) is 0 Å². The number of urea groups is 1. The van der Waals surface area contributed by atoms with Gasteiger partial charge in [-0.05, 0) is 30.2 Å². The second kappa shape index (κ2) is 10.5. The quantitative estimate of drug-likeness (QED) is 0.259. The van der Waals surface area contributed by atoms with Crippen molar-refractivity contribution in [2.24, 2.45) is 0 Å². The first kappa shape index (κ1) is 24.2. The molecule has 1 atom stereocenters. The maximum atomic E-state index is 12.5. The molecule has 0 radical (unpaired) electrons. The molecular weight excluding hydrogens is 446 g/mol. The van der Waals surface area contributed by atoms with Crippen molar-refractivity contribution in [2.45, 2.75) is 25.8 Å². The monoisotopic (exact) mass is 469 g/mol. The van der Waals surface area contributed by atoms with Gasteiger partial charge in [-0.15, -0.1) is 0 Å². The van der Waals surface area contributed by atoms with Crippen LogP contribution in [0.1, 0.15) is 41.7 Å². The molecule has 178 valence electrons. The van der Waals surface area contributed by atoms with Crippen LogP contribution in [0.3, 0.4) is 0 Å². The zero-order valence-corrected chi connectivity index (χ0v) is 18.7. The molecule has 11 heteroatoms. The SMILES string of the molecule is CCCC1=C(C(=O)OC)C(c2ccc(OC(=O)c3cccc([N+](=O)[O-])c3)c(OC)c2)NC(=O)N1. The molecule has 0 bridgehead atoms. The van der Waals surface area contributed by atoms with Gasteiger partial charge in [0.2, 0.25) is 0 Å². The summed E-state index contributed by atoms with van der Waals surface area (Å²) in [6.07, 6.45) is 1.16. The Morgan fingerprint density at radius 3 is 2.50 bits per heavy atom. The first-order valence-electron chi connectivity index (χ1n) is 10.3. The number of nitrogens with one attached hydrogen (secondary N) is 2. The van der Waals surface area contributed by atoms with Crippen LogP contribution in [0.4, 0.5) is 10.5 Å². The number of hydrogen-bond acceptors (Lipinski definition) is 8. The summed E-state index contributed by atoms with van der Waals surface area (Å²) in [5.41, 5.74) is 0.959. The Kier molecular flexibility index (Phi) is 7.46. The summed E-state index contributed by atoms with van der Waals surface area (Å²) in [5, 5.41) is 16.3. The number of benzene rings is 2. The Balaban J connectivity index is 1.95. The molecule has 2 aromatic rings. The second-order valence-corrected chi connectivity index (χ2v) is 7.27. The van der Waals surface area contributed by atoms with E-state index in [1.807, 2.05) is 6.92 Å². The summed E-state index contributed by atoms with van der Waals surface area (Å²) in [6.45, 7) is 1.92. The third-order valence-electron chi connectivity index (χ3n) is 5.08. The van der Waals surface area contributed by atoms with Crippen molar-refractivity contribution in [3.63, 3.8) is 0 Å². The number of ether oxygens (including phenoxy) is 3. The molecule has 1 aliphatic rings. The smallest absolute Gasteiger partial charge is 0.343 e. The van der Waals surface area contributed by atoms with E-state index in [9.17, 15) is 24.5 Å². The van der Waals surface area contributed by atoms with E-state index in [-0.39, 0.29) is 28.3 Å². The van der Waals surface area contributed by atoms with Gasteiger partial charge in [0.15, 0.2) is 11.5 Å². The van der Waals surface area contributed by atoms with E-state index in [1.165, 1.54) is 44.6 Å². The topological polar surface area (TPSA) is 146 Å². The average molecular weight is 469 g/mol. The van der Waals surface area contributed by atoms with E-state index in [1.54, 1.807) is 6.07 Å². The molecule has 3 rings (SSSR count). The second-order valence-electron chi connectivity index (χ2n) is 7.27. The van der Waals surface area contributed by atoms with Gasteiger partial charge in [-0.3, -0.25) is 10.1 Å². The van der Waals surface area contributed by atoms with Crippen molar-refractivity contribution in [3.8, 4) is 11.5 Å². The summed E-state index contributed by atoms with van der Waals surface area (Å²) in [6, 6.07) is 8.40. The number of methoxy groups -OCH3 is 2. The number of non-ortho nitro benzene ring substituents is 1. The molecule has 2 N–H and O–H groups in total. The fourth-order valence-electron chi connectivity index (χ4n) is 3.52. The molecule has 0 fully saturated rings. The van der Waals surface area contributed by atoms with Crippen LogP contribution < -0.4 is 20.1 Å².